The van der Waals surface area contributed by atoms with Gasteiger partial charge < -0.3 is 15.3 Å². The van der Waals surface area contributed by atoms with Crippen LogP contribution < -0.4 is 10.2 Å². The van der Waals surface area contributed by atoms with Crippen LogP contribution in [-0.2, 0) is 0 Å². The predicted molar refractivity (Wildman–Crippen MR) is 109 cm³/mol. The first kappa shape index (κ1) is 19.0. The number of β-amino-alcohol motifs (C(OH)–C–C–N with tert-alkyl or cyclic N) is 1. The maximum absolute atomic E-state index is 12.1. The zero-order chi connectivity index (χ0) is 20.0. The van der Waals surface area contributed by atoms with Crippen molar-refractivity contribution in [3.05, 3.63) is 16.4 Å². The number of piperazine rings is 1. The van der Waals surface area contributed by atoms with E-state index in [0.717, 1.165) is 50.1 Å². The summed E-state index contributed by atoms with van der Waals surface area (Å²) in [5.41, 5.74) is -0.0239. The zero-order valence-electron chi connectivity index (χ0n) is 16.8. The summed E-state index contributed by atoms with van der Waals surface area (Å²) in [6.07, 6.45) is 8.77. The number of nitrogens with one attached hydrogen (secondary N) is 1. The van der Waals surface area contributed by atoms with Gasteiger partial charge >= 0.3 is 5.69 Å². The molecule has 0 aromatic carbocycles. The Morgan fingerprint density at radius 3 is 2.28 bits per heavy atom. The molecule has 1 aromatic heterocycles. The summed E-state index contributed by atoms with van der Waals surface area (Å²) in [5.74, 6) is 3.08. The number of aliphatic hydroxyl groups is 1. The lowest BCUT2D eigenvalue weighted by Crippen LogP contribution is -2.55. The van der Waals surface area contributed by atoms with Crippen LogP contribution in [0.2, 0.25) is 0 Å². The molecule has 4 bridgehead atoms. The molecule has 9 heteroatoms. The molecule has 4 saturated carbocycles. The first-order valence-corrected chi connectivity index (χ1v) is 10.9. The van der Waals surface area contributed by atoms with Crippen molar-refractivity contribution in [2.24, 2.45) is 17.8 Å². The number of nitrogens with zero attached hydrogens (tertiary/aromatic N) is 5. The van der Waals surface area contributed by atoms with Gasteiger partial charge in [0.15, 0.2) is 0 Å². The van der Waals surface area contributed by atoms with E-state index in [1.165, 1.54) is 25.6 Å². The minimum absolute atomic E-state index is 0.0128. The second-order valence-electron chi connectivity index (χ2n) is 9.53. The summed E-state index contributed by atoms with van der Waals surface area (Å²) < 4.78 is 0. The number of aromatic nitrogens is 2. The SMILES string of the molecule is O=[N+]([O-])c1c(NC23CC4CC(CC(C4)C2)C3)ncnc1N1CCN(CCO)CC1. The van der Waals surface area contributed by atoms with Gasteiger partial charge in [0.1, 0.15) is 6.33 Å². The number of hydrogen-bond donors (Lipinski definition) is 2. The molecular weight excluding hydrogens is 372 g/mol. The van der Waals surface area contributed by atoms with Crippen molar-refractivity contribution >= 4 is 17.3 Å². The fourth-order valence-corrected chi connectivity index (χ4v) is 6.70. The Morgan fingerprint density at radius 2 is 1.72 bits per heavy atom. The van der Waals surface area contributed by atoms with E-state index in [4.69, 9.17) is 5.11 Å². The minimum atomic E-state index is -0.321. The van der Waals surface area contributed by atoms with Crippen LogP contribution in [0.1, 0.15) is 38.5 Å². The van der Waals surface area contributed by atoms with Crippen molar-refractivity contribution in [3.63, 3.8) is 0 Å². The van der Waals surface area contributed by atoms with Crippen LogP contribution in [0, 0.1) is 27.9 Å². The molecule has 4 aliphatic carbocycles. The Kier molecular flexibility index (Phi) is 4.82. The van der Waals surface area contributed by atoms with Crippen LogP contribution in [-0.4, -0.2) is 69.8 Å². The van der Waals surface area contributed by atoms with E-state index in [-0.39, 0.29) is 22.8 Å². The van der Waals surface area contributed by atoms with Gasteiger partial charge in [0.05, 0.1) is 11.5 Å². The highest BCUT2D eigenvalue weighted by Gasteiger charge is 2.51. The molecule has 5 fully saturated rings. The lowest BCUT2D eigenvalue weighted by Gasteiger charge is -2.57. The van der Waals surface area contributed by atoms with E-state index >= 15 is 0 Å². The largest absolute Gasteiger partial charge is 0.395 e. The molecule has 0 atom stereocenters. The highest BCUT2D eigenvalue weighted by molar-refractivity contribution is 5.71. The van der Waals surface area contributed by atoms with E-state index in [9.17, 15) is 10.1 Å². The Bertz CT molecular complexity index is 744. The van der Waals surface area contributed by atoms with Gasteiger partial charge in [-0.25, -0.2) is 9.97 Å². The first-order chi connectivity index (χ1) is 14.0. The summed E-state index contributed by atoms with van der Waals surface area (Å²) in [7, 11) is 0. The van der Waals surface area contributed by atoms with Crippen LogP contribution >= 0.6 is 0 Å². The van der Waals surface area contributed by atoms with Crippen LogP contribution in [0.25, 0.3) is 0 Å². The Balaban J connectivity index is 1.40. The number of nitro groups is 1. The third-order valence-corrected chi connectivity index (χ3v) is 7.50. The molecule has 0 amide bonds. The molecule has 0 radical (unpaired) electrons. The number of aliphatic hydroxyl groups excluding tert-OH is 1. The van der Waals surface area contributed by atoms with Crippen molar-refractivity contribution < 1.29 is 10.0 Å². The van der Waals surface area contributed by atoms with E-state index in [1.807, 2.05) is 4.90 Å². The Labute approximate surface area is 170 Å². The predicted octanol–water partition coefficient (Wildman–Crippen LogP) is 1.88. The second-order valence-corrected chi connectivity index (χ2v) is 9.53. The van der Waals surface area contributed by atoms with Gasteiger partial charge in [-0.3, -0.25) is 15.0 Å². The summed E-state index contributed by atoms with van der Waals surface area (Å²) in [4.78, 5) is 24.5. The molecule has 1 aliphatic heterocycles. The van der Waals surface area contributed by atoms with Gasteiger partial charge in [-0.2, -0.15) is 0 Å². The zero-order valence-corrected chi connectivity index (χ0v) is 16.8. The molecule has 29 heavy (non-hydrogen) atoms. The molecule has 2 heterocycles. The quantitative estimate of drug-likeness (QED) is 0.549. The molecule has 2 N–H and O–H groups in total. The van der Waals surface area contributed by atoms with Crippen LogP contribution in [0.15, 0.2) is 6.33 Å². The fraction of sp³-hybridized carbons (Fsp3) is 0.800. The van der Waals surface area contributed by atoms with Crippen LogP contribution in [0.3, 0.4) is 0 Å². The van der Waals surface area contributed by atoms with E-state index in [2.05, 4.69) is 20.2 Å². The smallest absolute Gasteiger partial charge is 0.353 e. The van der Waals surface area contributed by atoms with Gasteiger partial charge in [-0.05, 0) is 56.3 Å². The standard InChI is InChI=1S/C20H30N6O3/c27-6-5-24-1-3-25(4-2-24)19-17(26(28)29)18(21-13-22-19)23-20-10-14-7-15(11-20)9-16(8-14)12-20/h13-16,27H,1-12H2,(H,21,22,23). The molecule has 1 aromatic rings. The average molecular weight is 402 g/mol. The maximum atomic E-state index is 12.1. The molecule has 158 valence electrons. The van der Waals surface area contributed by atoms with Crippen molar-refractivity contribution in [2.75, 3.05) is 49.5 Å². The number of rotatable bonds is 6. The van der Waals surface area contributed by atoms with Crippen molar-refractivity contribution in [3.8, 4) is 0 Å². The van der Waals surface area contributed by atoms with Gasteiger partial charge in [0, 0.05) is 38.3 Å². The molecular formula is C20H30N6O3. The third-order valence-electron chi connectivity index (χ3n) is 7.50. The van der Waals surface area contributed by atoms with Crippen LogP contribution in [0.5, 0.6) is 0 Å². The van der Waals surface area contributed by atoms with Crippen molar-refractivity contribution in [1.29, 1.82) is 0 Å². The summed E-state index contributed by atoms with van der Waals surface area (Å²) >= 11 is 0. The van der Waals surface area contributed by atoms with Gasteiger partial charge in [-0.15, -0.1) is 0 Å². The van der Waals surface area contributed by atoms with Crippen molar-refractivity contribution in [1.82, 2.24) is 14.9 Å². The topological polar surface area (TPSA) is 108 Å². The number of hydrogen-bond acceptors (Lipinski definition) is 8. The fourth-order valence-electron chi connectivity index (χ4n) is 6.70. The second kappa shape index (κ2) is 7.36. The third kappa shape index (κ3) is 3.54. The van der Waals surface area contributed by atoms with Gasteiger partial charge in [0.2, 0.25) is 11.6 Å². The number of anilines is 2. The van der Waals surface area contributed by atoms with E-state index < -0.39 is 0 Å². The molecule has 6 rings (SSSR count). The Hall–Kier alpha value is -2.00. The average Bonchev–Trinajstić information content (AvgIpc) is 2.67. The molecule has 1 saturated heterocycles. The first-order valence-electron chi connectivity index (χ1n) is 10.9. The lowest BCUT2D eigenvalue weighted by atomic mass is 9.53. The molecule has 9 nitrogen and oxygen atoms in total. The maximum Gasteiger partial charge on any atom is 0.353 e. The van der Waals surface area contributed by atoms with Gasteiger partial charge in [-0.1, -0.05) is 0 Å². The highest BCUT2D eigenvalue weighted by Crippen LogP contribution is 2.57. The summed E-state index contributed by atoms with van der Waals surface area (Å²) in [6, 6.07) is 0. The normalized spacial score (nSPS) is 33.8. The highest BCUT2D eigenvalue weighted by atomic mass is 16.6. The minimum Gasteiger partial charge on any atom is -0.395 e. The monoisotopic (exact) mass is 402 g/mol. The molecule has 0 unspecified atom stereocenters. The van der Waals surface area contributed by atoms with E-state index in [0.29, 0.717) is 31.3 Å². The Morgan fingerprint density at radius 1 is 1.10 bits per heavy atom. The van der Waals surface area contributed by atoms with Crippen LogP contribution in [0.4, 0.5) is 17.3 Å². The van der Waals surface area contributed by atoms with E-state index in [1.54, 1.807) is 0 Å². The summed E-state index contributed by atoms with van der Waals surface area (Å²) in [6.45, 7) is 3.62. The van der Waals surface area contributed by atoms with Crippen molar-refractivity contribution in [2.45, 2.75) is 44.1 Å². The molecule has 5 aliphatic rings. The lowest BCUT2D eigenvalue weighted by molar-refractivity contribution is -0.383. The molecule has 0 spiro atoms. The van der Waals surface area contributed by atoms with Gasteiger partial charge in [0.25, 0.3) is 0 Å². The summed E-state index contributed by atoms with van der Waals surface area (Å²) in [5, 5.41) is 24.8.